The van der Waals surface area contributed by atoms with Crippen molar-refractivity contribution >= 4 is 40.2 Å². The van der Waals surface area contributed by atoms with Crippen molar-refractivity contribution < 1.29 is 14.3 Å². The van der Waals surface area contributed by atoms with E-state index in [4.69, 9.17) is 16.3 Å². The molecular formula is C18H14ClN3O3. The smallest absolute Gasteiger partial charge is 0.359 e. The van der Waals surface area contributed by atoms with Crippen LogP contribution in [0.25, 0.3) is 11.0 Å². The fourth-order valence-electron chi connectivity index (χ4n) is 2.19. The fraction of sp³-hybridized carbons (Fsp3) is 0.111. The number of fused-ring (bicyclic) bond motifs is 1. The zero-order valence-electron chi connectivity index (χ0n) is 13.3. The lowest BCUT2D eigenvalue weighted by Crippen LogP contribution is -2.21. The van der Waals surface area contributed by atoms with Crippen molar-refractivity contribution in [1.29, 1.82) is 0 Å². The fourth-order valence-corrected chi connectivity index (χ4v) is 2.36. The number of carbonyl (C=O) groups excluding carboxylic acids is 2. The highest BCUT2D eigenvalue weighted by Crippen LogP contribution is 2.22. The van der Waals surface area contributed by atoms with E-state index in [1.807, 2.05) is 6.07 Å². The number of aromatic nitrogens is 2. The van der Waals surface area contributed by atoms with Gasteiger partial charge in [0.1, 0.15) is 0 Å². The number of nitrogens with zero attached hydrogens (tertiary/aromatic N) is 2. The molecule has 0 saturated carbocycles. The van der Waals surface area contributed by atoms with Crippen LogP contribution >= 0.6 is 11.6 Å². The Morgan fingerprint density at radius 1 is 1.12 bits per heavy atom. The molecule has 1 aromatic heterocycles. The van der Waals surface area contributed by atoms with E-state index >= 15 is 0 Å². The molecule has 2 aromatic carbocycles. The molecule has 0 bridgehead atoms. The van der Waals surface area contributed by atoms with E-state index in [0.717, 1.165) is 5.56 Å². The van der Waals surface area contributed by atoms with Crippen LogP contribution in [-0.2, 0) is 9.53 Å². The molecule has 3 aromatic rings. The minimum Gasteiger partial charge on any atom is -0.451 e. The predicted molar refractivity (Wildman–Crippen MR) is 94.6 cm³/mol. The lowest BCUT2D eigenvalue weighted by molar-refractivity contribution is -0.119. The lowest BCUT2D eigenvalue weighted by atomic mass is 10.2. The van der Waals surface area contributed by atoms with Gasteiger partial charge in [0.25, 0.3) is 5.91 Å². The summed E-state index contributed by atoms with van der Waals surface area (Å²) in [5.74, 6) is -1.18. The largest absolute Gasteiger partial charge is 0.451 e. The second-order valence-electron chi connectivity index (χ2n) is 5.28. The van der Waals surface area contributed by atoms with E-state index in [9.17, 15) is 9.59 Å². The number of hydrogen-bond donors (Lipinski definition) is 1. The zero-order chi connectivity index (χ0) is 17.8. The van der Waals surface area contributed by atoms with Crippen LogP contribution in [0.15, 0.2) is 48.7 Å². The number of anilines is 1. The van der Waals surface area contributed by atoms with Gasteiger partial charge in [0.2, 0.25) is 0 Å². The third-order valence-corrected chi connectivity index (χ3v) is 3.94. The van der Waals surface area contributed by atoms with E-state index in [1.54, 1.807) is 43.3 Å². The van der Waals surface area contributed by atoms with Gasteiger partial charge in [-0.1, -0.05) is 29.8 Å². The normalized spacial score (nSPS) is 10.5. The summed E-state index contributed by atoms with van der Waals surface area (Å²) < 4.78 is 4.99. The van der Waals surface area contributed by atoms with Gasteiger partial charge < -0.3 is 10.1 Å². The number of halogens is 1. The Balaban J connectivity index is 1.63. The minimum atomic E-state index is -0.712. The molecule has 1 heterocycles. The van der Waals surface area contributed by atoms with Crippen LogP contribution in [0, 0.1) is 6.92 Å². The van der Waals surface area contributed by atoms with Crippen molar-refractivity contribution in [2.75, 3.05) is 11.9 Å². The van der Waals surface area contributed by atoms with Crippen LogP contribution in [0.4, 0.5) is 5.69 Å². The number of nitrogens with one attached hydrogen (secondary N) is 1. The monoisotopic (exact) mass is 355 g/mol. The van der Waals surface area contributed by atoms with Crippen LogP contribution in [0.3, 0.4) is 0 Å². The van der Waals surface area contributed by atoms with Gasteiger partial charge in [-0.15, -0.1) is 0 Å². The van der Waals surface area contributed by atoms with Gasteiger partial charge in [-0.25, -0.2) is 9.78 Å². The Morgan fingerprint density at radius 2 is 1.88 bits per heavy atom. The maximum atomic E-state index is 12.0. The molecule has 1 N–H and O–H groups in total. The molecule has 3 rings (SSSR count). The van der Waals surface area contributed by atoms with E-state index in [2.05, 4.69) is 15.3 Å². The number of hydrogen-bond acceptors (Lipinski definition) is 5. The molecule has 6 nitrogen and oxygen atoms in total. The topological polar surface area (TPSA) is 81.2 Å². The molecule has 25 heavy (non-hydrogen) atoms. The number of esters is 1. The SMILES string of the molecule is Cc1c(Cl)cccc1NC(=O)COC(=O)c1cnc2ccccc2n1. The highest BCUT2D eigenvalue weighted by atomic mass is 35.5. The van der Waals surface area contributed by atoms with Crippen LogP contribution in [-0.4, -0.2) is 28.5 Å². The first-order valence-electron chi connectivity index (χ1n) is 7.48. The van der Waals surface area contributed by atoms with Crippen molar-refractivity contribution in [2.24, 2.45) is 0 Å². The van der Waals surface area contributed by atoms with Gasteiger partial charge in [-0.2, -0.15) is 0 Å². The first-order valence-corrected chi connectivity index (χ1v) is 7.86. The minimum absolute atomic E-state index is 0.0467. The van der Waals surface area contributed by atoms with Gasteiger partial charge in [0.05, 0.1) is 17.2 Å². The molecule has 1 amide bonds. The predicted octanol–water partition coefficient (Wildman–Crippen LogP) is 3.39. The summed E-state index contributed by atoms with van der Waals surface area (Å²) in [5.41, 5.74) is 2.61. The summed E-state index contributed by atoms with van der Waals surface area (Å²) >= 11 is 6.00. The number of para-hydroxylation sites is 2. The Bertz CT molecular complexity index is 959. The van der Waals surface area contributed by atoms with E-state index in [0.29, 0.717) is 21.7 Å². The van der Waals surface area contributed by atoms with Gasteiger partial charge in [-0.3, -0.25) is 9.78 Å². The van der Waals surface area contributed by atoms with E-state index in [1.165, 1.54) is 6.20 Å². The molecule has 0 saturated heterocycles. The molecule has 0 aliphatic rings. The number of benzene rings is 2. The summed E-state index contributed by atoms with van der Waals surface area (Å²) in [6, 6.07) is 12.3. The first-order chi connectivity index (χ1) is 12.0. The Labute approximate surface area is 148 Å². The third kappa shape index (κ3) is 3.92. The molecule has 0 radical (unpaired) electrons. The standard InChI is InChI=1S/C18H14ClN3O3/c1-11-12(19)5-4-8-13(11)22-17(23)10-25-18(24)16-9-20-14-6-2-3-7-15(14)21-16/h2-9H,10H2,1H3,(H,22,23). The zero-order valence-corrected chi connectivity index (χ0v) is 14.1. The quantitative estimate of drug-likeness (QED) is 0.725. The van der Waals surface area contributed by atoms with Crippen molar-refractivity contribution in [3.8, 4) is 0 Å². The summed E-state index contributed by atoms with van der Waals surface area (Å²) in [6.45, 7) is 1.36. The summed E-state index contributed by atoms with van der Waals surface area (Å²) in [4.78, 5) is 32.3. The Morgan fingerprint density at radius 3 is 2.68 bits per heavy atom. The summed E-state index contributed by atoms with van der Waals surface area (Å²) in [5, 5.41) is 3.19. The molecule has 0 aliphatic heterocycles. The average molecular weight is 356 g/mol. The number of ether oxygens (including phenoxy) is 1. The summed E-state index contributed by atoms with van der Waals surface area (Å²) in [6.07, 6.45) is 1.32. The second kappa shape index (κ2) is 7.27. The van der Waals surface area contributed by atoms with E-state index < -0.39 is 18.5 Å². The van der Waals surface area contributed by atoms with Gasteiger partial charge >= 0.3 is 5.97 Å². The van der Waals surface area contributed by atoms with Gasteiger partial charge in [0.15, 0.2) is 12.3 Å². The molecule has 7 heteroatoms. The molecule has 126 valence electrons. The molecule has 0 atom stereocenters. The molecule has 0 spiro atoms. The van der Waals surface area contributed by atoms with E-state index in [-0.39, 0.29) is 5.69 Å². The third-order valence-electron chi connectivity index (χ3n) is 3.53. The molecule has 0 aliphatic carbocycles. The number of carbonyl (C=O) groups is 2. The lowest BCUT2D eigenvalue weighted by Gasteiger charge is -2.09. The van der Waals surface area contributed by atoms with Crippen LogP contribution < -0.4 is 5.32 Å². The molecular weight excluding hydrogens is 342 g/mol. The Kier molecular flexibility index (Phi) is 4.90. The van der Waals surface area contributed by atoms with Crippen molar-refractivity contribution in [3.05, 3.63) is 64.9 Å². The van der Waals surface area contributed by atoms with Crippen molar-refractivity contribution in [2.45, 2.75) is 6.92 Å². The van der Waals surface area contributed by atoms with Crippen LogP contribution in [0.5, 0.6) is 0 Å². The van der Waals surface area contributed by atoms with Gasteiger partial charge in [-0.05, 0) is 36.8 Å². The number of amides is 1. The maximum absolute atomic E-state index is 12.0. The highest BCUT2D eigenvalue weighted by molar-refractivity contribution is 6.31. The first kappa shape index (κ1) is 16.9. The van der Waals surface area contributed by atoms with Crippen LogP contribution in [0.1, 0.15) is 16.1 Å². The van der Waals surface area contributed by atoms with Crippen molar-refractivity contribution in [1.82, 2.24) is 9.97 Å². The Hall–Kier alpha value is -2.99. The summed E-state index contributed by atoms with van der Waals surface area (Å²) in [7, 11) is 0. The van der Waals surface area contributed by atoms with Crippen LogP contribution in [0.2, 0.25) is 5.02 Å². The average Bonchev–Trinajstić information content (AvgIpc) is 2.63. The molecule has 0 unspecified atom stereocenters. The highest BCUT2D eigenvalue weighted by Gasteiger charge is 2.14. The maximum Gasteiger partial charge on any atom is 0.359 e. The van der Waals surface area contributed by atoms with Gasteiger partial charge in [0, 0.05) is 10.7 Å². The van der Waals surface area contributed by atoms with Crippen molar-refractivity contribution in [3.63, 3.8) is 0 Å². The second-order valence-corrected chi connectivity index (χ2v) is 5.69. The number of rotatable bonds is 4. The molecule has 0 fully saturated rings.